The standard InChI is InChI=1S/C18H20N4/c1-18(2,3)13-7-4-11(5-8-13)12-6-9-15-14(10-12)16(19)22-17(20)21-15/h4-10H,1-3H3,(H4,19,20,21,22). The molecule has 4 N–H and O–H groups in total. The van der Waals surface area contributed by atoms with Crippen molar-refractivity contribution in [3.63, 3.8) is 0 Å². The van der Waals surface area contributed by atoms with Crippen LogP contribution in [-0.2, 0) is 5.41 Å². The van der Waals surface area contributed by atoms with Crippen LogP contribution in [0.3, 0.4) is 0 Å². The van der Waals surface area contributed by atoms with Crippen LogP contribution < -0.4 is 11.5 Å². The number of benzene rings is 2. The summed E-state index contributed by atoms with van der Waals surface area (Å²) in [7, 11) is 0. The second kappa shape index (κ2) is 4.98. The minimum Gasteiger partial charge on any atom is -0.383 e. The fraction of sp³-hybridized carbons (Fsp3) is 0.222. The van der Waals surface area contributed by atoms with Gasteiger partial charge in [0.05, 0.1) is 5.52 Å². The lowest BCUT2D eigenvalue weighted by Crippen LogP contribution is -2.10. The van der Waals surface area contributed by atoms with Gasteiger partial charge in [-0.05, 0) is 34.2 Å². The van der Waals surface area contributed by atoms with E-state index in [2.05, 4.69) is 55.0 Å². The monoisotopic (exact) mass is 292 g/mol. The lowest BCUT2D eigenvalue weighted by Gasteiger charge is -2.19. The molecule has 0 unspecified atom stereocenters. The molecule has 0 radical (unpaired) electrons. The summed E-state index contributed by atoms with van der Waals surface area (Å²) in [5.41, 5.74) is 16.0. The third-order valence-corrected chi connectivity index (χ3v) is 3.83. The molecule has 2 aromatic carbocycles. The maximum Gasteiger partial charge on any atom is 0.222 e. The third-order valence-electron chi connectivity index (χ3n) is 3.83. The Balaban J connectivity index is 2.07. The molecule has 0 saturated carbocycles. The Morgan fingerprint density at radius 2 is 1.45 bits per heavy atom. The molecule has 0 saturated heterocycles. The predicted molar refractivity (Wildman–Crippen MR) is 92.5 cm³/mol. The molecule has 0 bridgehead atoms. The zero-order chi connectivity index (χ0) is 15.9. The van der Waals surface area contributed by atoms with E-state index < -0.39 is 0 Å². The molecule has 0 atom stereocenters. The van der Waals surface area contributed by atoms with Gasteiger partial charge in [0, 0.05) is 5.39 Å². The van der Waals surface area contributed by atoms with Crippen molar-refractivity contribution in [1.29, 1.82) is 0 Å². The molecule has 3 aromatic rings. The molecule has 1 heterocycles. The van der Waals surface area contributed by atoms with Crippen LogP contribution in [0.25, 0.3) is 22.0 Å². The van der Waals surface area contributed by atoms with Crippen molar-refractivity contribution in [1.82, 2.24) is 9.97 Å². The van der Waals surface area contributed by atoms with Crippen molar-refractivity contribution in [2.45, 2.75) is 26.2 Å². The van der Waals surface area contributed by atoms with E-state index in [1.165, 1.54) is 5.56 Å². The number of rotatable bonds is 1. The van der Waals surface area contributed by atoms with Gasteiger partial charge in [0.1, 0.15) is 5.82 Å². The van der Waals surface area contributed by atoms with Crippen molar-refractivity contribution in [3.8, 4) is 11.1 Å². The molecular formula is C18H20N4. The van der Waals surface area contributed by atoms with Crippen LogP contribution in [0.1, 0.15) is 26.3 Å². The lowest BCUT2D eigenvalue weighted by atomic mass is 9.86. The summed E-state index contributed by atoms with van der Waals surface area (Å²) in [4.78, 5) is 8.23. The van der Waals surface area contributed by atoms with E-state index >= 15 is 0 Å². The highest BCUT2D eigenvalue weighted by molar-refractivity contribution is 5.92. The normalized spacial score (nSPS) is 11.8. The van der Waals surface area contributed by atoms with Gasteiger partial charge in [-0.3, -0.25) is 0 Å². The van der Waals surface area contributed by atoms with Gasteiger partial charge < -0.3 is 11.5 Å². The molecule has 4 heteroatoms. The van der Waals surface area contributed by atoms with Crippen LogP contribution in [-0.4, -0.2) is 9.97 Å². The molecule has 22 heavy (non-hydrogen) atoms. The van der Waals surface area contributed by atoms with Crippen LogP contribution in [0.15, 0.2) is 42.5 Å². The minimum atomic E-state index is 0.151. The average Bonchev–Trinajstić information content (AvgIpc) is 2.46. The summed E-state index contributed by atoms with van der Waals surface area (Å²) < 4.78 is 0. The SMILES string of the molecule is CC(C)(C)c1ccc(-c2ccc3nc(N)nc(N)c3c2)cc1. The first-order valence-electron chi connectivity index (χ1n) is 7.28. The van der Waals surface area contributed by atoms with Gasteiger partial charge in [-0.25, -0.2) is 4.98 Å². The highest BCUT2D eigenvalue weighted by Crippen LogP contribution is 2.29. The van der Waals surface area contributed by atoms with E-state index in [1.54, 1.807) is 0 Å². The van der Waals surface area contributed by atoms with Gasteiger partial charge in [-0.1, -0.05) is 51.1 Å². The largest absolute Gasteiger partial charge is 0.383 e. The molecule has 3 rings (SSSR count). The maximum atomic E-state index is 5.95. The van der Waals surface area contributed by atoms with Gasteiger partial charge in [0.2, 0.25) is 5.95 Å². The smallest absolute Gasteiger partial charge is 0.222 e. The Bertz CT molecular complexity index is 830. The average molecular weight is 292 g/mol. The van der Waals surface area contributed by atoms with Crippen LogP contribution in [0.4, 0.5) is 11.8 Å². The van der Waals surface area contributed by atoms with Gasteiger partial charge in [0.25, 0.3) is 0 Å². The molecule has 0 aliphatic rings. The zero-order valence-electron chi connectivity index (χ0n) is 13.1. The third kappa shape index (κ3) is 2.60. The topological polar surface area (TPSA) is 77.8 Å². The van der Waals surface area contributed by atoms with Crippen LogP contribution in [0.5, 0.6) is 0 Å². The number of nitrogens with two attached hydrogens (primary N) is 2. The van der Waals surface area contributed by atoms with E-state index in [-0.39, 0.29) is 11.4 Å². The van der Waals surface area contributed by atoms with Gasteiger partial charge >= 0.3 is 0 Å². The first-order chi connectivity index (χ1) is 10.3. The van der Waals surface area contributed by atoms with Crippen molar-refractivity contribution in [3.05, 3.63) is 48.0 Å². The number of nitrogen functional groups attached to an aromatic ring is 2. The van der Waals surface area contributed by atoms with Crippen LogP contribution in [0.2, 0.25) is 0 Å². The summed E-state index contributed by atoms with van der Waals surface area (Å²) in [5, 5.41) is 0.826. The fourth-order valence-corrected chi connectivity index (χ4v) is 2.51. The van der Waals surface area contributed by atoms with Crippen molar-refractivity contribution in [2.24, 2.45) is 0 Å². The Labute approximate surface area is 130 Å². The number of aromatic nitrogens is 2. The summed E-state index contributed by atoms with van der Waals surface area (Å²) in [5.74, 6) is 0.614. The number of nitrogens with zero attached hydrogens (tertiary/aromatic N) is 2. The number of anilines is 2. The lowest BCUT2D eigenvalue weighted by molar-refractivity contribution is 0.590. The van der Waals surface area contributed by atoms with Crippen molar-refractivity contribution in [2.75, 3.05) is 11.5 Å². The first-order valence-corrected chi connectivity index (χ1v) is 7.28. The molecule has 0 amide bonds. The summed E-state index contributed by atoms with van der Waals surface area (Å²) in [6.07, 6.45) is 0. The van der Waals surface area contributed by atoms with Gasteiger partial charge in [0.15, 0.2) is 0 Å². The van der Waals surface area contributed by atoms with E-state index in [0.717, 1.165) is 22.0 Å². The zero-order valence-corrected chi connectivity index (χ0v) is 13.1. The molecule has 0 fully saturated rings. The highest BCUT2D eigenvalue weighted by atomic mass is 15.0. The van der Waals surface area contributed by atoms with E-state index in [4.69, 9.17) is 11.5 Å². The molecule has 0 aliphatic carbocycles. The molecule has 0 aliphatic heterocycles. The summed E-state index contributed by atoms with van der Waals surface area (Å²) in [6, 6.07) is 14.6. The van der Waals surface area contributed by atoms with E-state index in [1.807, 2.05) is 18.2 Å². The number of hydrogen-bond donors (Lipinski definition) is 2. The van der Waals surface area contributed by atoms with Crippen molar-refractivity contribution >= 4 is 22.7 Å². The Morgan fingerprint density at radius 1 is 0.818 bits per heavy atom. The molecular weight excluding hydrogens is 272 g/mol. The minimum absolute atomic E-state index is 0.151. The highest BCUT2D eigenvalue weighted by Gasteiger charge is 2.13. The van der Waals surface area contributed by atoms with Gasteiger partial charge in [-0.15, -0.1) is 0 Å². The Morgan fingerprint density at radius 3 is 2.09 bits per heavy atom. The molecule has 1 aromatic heterocycles. The summed E-state index contributed by atoms with van der Waals surface area (Å²) in [6.45, 7) is 6.63. The maximum absolute atomic E-state index is 5.95. The first kappa shape index (κ1) is 14.3. The van der Waals surface area contributed by atoms with E-state index in [9.17, 15) is 0 Å². The molecule has 0 spiro atoms. The fourth-order valence-electron chi connectivity index (χ4n) is 2.51. The second-order valence-electron chi connectivity index (χ2n) is 6.53. The van der Waals surface area contributed by atoms with E-state index in [0.29, 0.717) is 5.82 Å². The quantitative estimate of drug-likeness (QED) is 0.716. The Kier molecular flexibility index (Phi) is 3.24. The van der Waals surface area contributed by atoms with Crippen molar-refractivity contribution < 1.29 is 0 Å². The summed E-state index contributed by atoms with van der Waals surface area (Å²) >= 11 is 0. The van der Waals surface area contributed by atoms with Gasteiger partial charge in [-0.2, -0.15) is 4.98 Å². The second-order valence-corrected chi connectivity index (χ2v) is 6.53. The van der Waals surface area contributed by atoms with Crippen LogP contribution in [0, 0.1) is 0 Å². The molecule has 4 nitrogen and oxygen atoms in total. The predicted octanol–water partition coefficient (Wildman–Crippen LogP) is 3.76. The number of hydrogen-bond acceptors (Lipinski definition) is 4. The molecule has 112 valence electrons. The van der Waals surface area contributed by atoms with Crippen LogP contribution >= 0.6 is 0 Å². The Hall–Kier alpha value is -2.62. The number of fused-ring (bicyclic) bond motifs is 1.